The molecule has 0 radical (unpaired) electrons. The van der Waals surface area contributed by atoms with Gasteiger partial charge in [0.15, 0.2) is 0 Å². The van der Waals surface area contributed by atoms with Gasteiger partial charge in [0, 0.05) is 12.3 Å². The molecule has 2 aromatic carbocycles. The lowest BCUT2D eigenvalue weighted by molar-refractivity contribution is -0.137. The standard InChI is InChI=1S/C19H10F4N4O4/c20-11-3-10(19(21,22)23)4-13(5-11)31-12-1-2-15-14(6-12)16(28)26-18(25-15)27-8-9(7-24-27)17(29)30/h1-8H,(H,29,30)(H,25,26,28). The van der Waals surface area contributed by atoms with Gasteiger partial charge in [0.05, 0.1) is 28.2 Å². The van der Waals surface area contributed by atoms with Crippen LogP contribution in [0.2, 0.25) is 0 Å². The van der Waals surface area contributed by atoms with Gasteiger partial charge in [-0.1, -0.05) is 0 Å². The number of carbonyl (C=O) groups is 1. The average Bonchev–Trinajstić information content (AvgIpc) is 3.18. The molecular weight excluding hydrogens is 424 g/mol. The van der Waals surface area contributed by atoms with E-state index < -0.39 is 34.8 Å². The molecule has 2 N–H and O–H groups in total. The Labute approximate surface area is 169 Å². The third-order valence-electron chi connectivity index (χ3n) is 4.15. The van der Waals surface area contributed by atoms with E-state index in [4.69, 9.17) is 9.84 Å². The number of carboxylic acid groups (broad SMARTS) is 1. The van der Waals surface area contributed by atoms with Crippen LogP contribution >= 0.6 is 0 Å². The Morgan fingerprint density at radius 3 is 2.58 bits per heavy atom. The molecule has 12 heteroatoms. The van der Waals surface area contributed by atoms with Gasteiger partial charge in [0.2, 0.25) is 5.95 Å². The summed E-state index contributed by atoms with van der Waals surface area (Å²) >= 11 is 0. The zero-order chi connectivity index (χ0) is 22.3. The van der Waals surface area contributed by atoms with Crippen LogP contribution in [0.1, 0.15) is 15.9 Å². The van der Waals surface area contributed by atoms with Crippen LogP contribution in [0.3, 0.4) is 0 Å². The number of rotatable bonds is 4. The van der Waals surface area contributed by atoms with E-state index in [1.165, 1.54) is 18.2 Å². The minimum absolute atomic E-state index is 0.0153. The van der Waals surface area contributed by atoms with Crippen molar-refractivity contribution in [2.45, 2.75) is 6.18 Å². The molecule has 0 saturated heterocycles. The molecule has 8 nitrogen and oxygen atoms in total. The fourth-order valence-corrected chi connectivity index (χ4v) is 2.75. The Balaban J connectivity index is 1.69. The smallest absolute Gasteiger partial charge is 0.416 e. The molecule has 0 saturated carbocycles. The molecule has 0 atom stereocenters. The summed E-state index contributed by atoms with van der Waals surface area (Å²) in [7, 11) is 0. The first kappa shape index (κ1) is 20.1. The van der Waals surface area contributed by atoms with Crippen molar-refractivity contribution in [1.82, 2.24) is 19.7 Å². The minimum Gasteiger partial charge on any atom is -0.478 e. The molecule has 0 spiro atoms. The van der Waals surface area contributed by atoms with Gasteiger partial charge in [-0.15, -0.1) is 0 Å². The number of hydrogen-bond acceptors (Lipinski definition) is 5. The van der Waals surface area contributed by atoms with Crippen LogP contribution in [-0.4, -0.2) is 30.8 Å². The lowest BCUT2D eigenvalue weighted by Gasteiger charge is -2.11. The molecule has 0 fully saturated rings. The van der Waals surface area contributed by atoms with Gasteiger partial charge in [-0.3, -0.25) is 9.78 Å². The van der Waals surface area contributed by atoms with Crippen molar-refractivity contribution in [3.05, 3.63) is 76.1 Å². The molecule has 4 aromatic rings. The van der Waals surface area contributed by atoms with E-state index in [0.29, 0.717) is 12.1 Å². The molecule has 0 aliphatic heterocycles. The second kappa shape index (κ2) is 7.23. The fraction of sp³-hybridized carbons (Fsp3) is 0.0526. The zero-order valence-electron chi connectivity index (χ0n) is 15.1. The number of benzene rings is 2. The number of aromatic amines is 1. The Morgan fingerprint density at radius 1 is 1.13 bits per heavy atom. The fourth-order valence-electron chi connectivity index (χ4n) is 2.75. The van der Waals surface area contributed by atoms with Gasteiger partial charge in [0.25, 0.3) is 5.56 Å². The predicted octanol–water partition coefficient (Wildman–Crippen LogP) is 3.76. The number of nitrogens with one attached hydrogen (secondary N) is 1. The van der Waals surface area contributed by atoms with Crippen LogP contribution in [-0.2, 0) is 6.18 Å². The van der Waals surface area contributed by atoms with Gasteiger partial charge in [-0.2, -0.15) is 18.3 Å². The number of carboxylic acids is 1. The van der Waals surface area contributed by atoms with Gasteiger partial charge in [-0.05, 0) is 30.3 Å². The summed E-state index contributed by atoms with van der Waals surface area (Å²) in [4.78, 5) is 30.0. The summed E-state index contributed by atoms with van der Waals surface area (Å²) < 4.78 is 58.5. The van der Waals surface area contributed by atoms with Crippen molar-refractivity contribution in [3.63, 3.8) is 0 Å². The number of H-pyrrole nitrogens is 1. The highest BCUT2D eigenvalue weighted by atomic mass is 19.4. The molecule has 2 aromatic heterocycles. The molecule has 158 valence electrons. The van der Waals surface area contributed by atoms with Crippen molar-refractivity contribution in [2.24, 2.45) is 0 Å². The van der Waals surface area contributed by atoms with Crippen molar-refractivity contribution in [2.75, 3.05) is 0 Å². The second-order valence-corrected chi connectivity index (χ2v) is 6.32. The third kappa shape index (κ3) is 4.08. The van der Waals surface area contributed by atoms with Crippen molar-refractivity contribution < 1.29 is 32.2 Å². The maximum Gasteiger partial charge on any atom is 0.416 e. The number of nitrogens with zero attached hydrogens (tertiary/aromatic N) is 3. The minimum atomic E-state index is -4.76. The monoisotopic (exact) mass is 434 g/mol. The number of fused-ring (bicyclic) bond motifs is 1. The van der Waals surface area contributed by atoms with Crippen LogP contribution in [0.4, 0.5) is 17.6 Å². The number of ether oxygens (including phenoxy) is 1. The maximum absolute atomic E-state index is 13.5. The highest BCUT2D eigenvalue weighted by Crippen LogP contribution is 2.34. The quantitative estimate of drug-likeness (QED) is 0.474. The van der Waals surface area contributed by atoms with Gasteiger partial charge < -0.3 is 9.84 Å². The van der Waals surface area contributed by atoms with Crippen molar-refractivity contribution in [1.29, 1.82) is 0 Å². The predicted molar refractivity (Wildman–Crippen MR) is 97.9 cm³/mol. The summed E-state index contributed by atoms with van der Waals surface area (Å²) in [5, 5.41) is 12.8. The summed E-state index contributed by atoms with van der Waals surface area (Å²) in [5.74, 6) is -2.79. The summed E-state index contributed by atoms with van der Waals surface area (Å²) in [6.45, 7) is 0. The highest BCUT2D eigenvalue weighted by molar-refractivity contribution is 5.87. The largest absolute Gasteiger partial charge is 0.478 e. The van der Waals surface area contributed by atoms with E-state index >= 15 is 0 Å². The van der Waals surface area contributed by atoms with Gasteiger partial charge in [0.1, 0.15) is 17.3 Å². The van der Waals surface area contributed by atoms with E-state index in [9.17, 15) is 27.2 Å². The van der Waals surface area contributed by atoms with E-state index in [1.54, 1.807) is 0 Å². The van der Waals surface area contributed by atoms with Crippen LogP contribution in [0.5, 0.6) is 11.5 Å². The van der Waals surface area contributed by atoms with E-state index in [1.807, 2.05) is 0 Å². The van der Waals surface area contributed by atoms with Crippen LogP contribution in [0.15, 0.2) is 53.6 Å². The molecule has 2 heterocycles. The Morgan fingerprint density at radius 2 is 1.90 bits per heavy atom. The number of halogens is 4. The number of aromatic carboxylic acids is 1. The Bertz CT molecular complexity index is 1380. The topological polar surface area (TPSA) is 110 Å². The maximum atomic E-state index is 13.5. The van der Waals surface area contributed by atoms with E-state index in [2.05, 4.69) is 15.1 Å². The third-order valence-corrected chi connectivity index (χ3v) is 4.15. The molecule has 0 aliphatic rings. The zero-order valence-corrected chi connectivity index (χ0v) is 15.1. The van der Waals surface area contributed by atoms with Crippen molar-refractivity contribution in [3.8, 4) is 17.4 Å². The molecule has 31 heavy (non-hydrogen) atoms. The SMILES string of the molecule is O=C(O)c1cnn(-c2nc3ccc(Oc4cc(F)cc(C(F)(F)F)c4)cc3c(=O)[nH]2)c1. The van der Waals surface area contributed by atoms with Crippen LogP contribution < -0.4 is 10.3 Å². The molecule has 0 aliphatic carbocycles. The second-order valence-electron chi connectivity index (χ2n) is 6.32. The summed E-state index contributed by atoms with van der Waals surface area (Å²) in [6, 6.07) is 5.69. The number of hydrogen-bond donors (Lipinski definition) is 2. The first-order valence-electron chi connectivity index (χ1n) is 8.48. The van der Waals surface area contributed by atoms with Crippen LogP contribution in [0.25, 0.3) is 16.9 Å². The molecule has 0 bridgehead atoms. The lowest BCUT2D eigenvalue weighted by Crippen LogP contribution is -2.14. The Kier molecular flexibility index (Phi) is 4.68. The van der Waals surface area contributed by atoms with Crippen molar-refractivity contribution >= 4 is 16.9 Å². The molecule has 4 rings (SSSR count). The normalized spacial score (nSPS) is 11.6. The molecule has 0 unspecified atom stereocenters. The van der Waals surface area contributed by atoms with E-state index in [-0.39, 0.29) is 28.2 Å². The highest BCUT2D eigenvalue weighted by Gasteiger charge is 2.31. The first-order valence-corrected chi connectivity index (χ1v) is 8.48. The molecular formula is C19H10F4N4O4. The number of aromatic nitrogens is 4. The van der Waals surface area contributed by atoms with Gasteiger partial charge >= 0.3 is 12.1 Å². The Hall–Kier alpha value is -4.22. The van der Waals surface area contributed by atoms with E-state index in [0.717, 1.165) is 23.1 Å². The summed E-state index contributed by atoms with van der Waals surface area (Å²) in [6.07, 6.45) is -2.52. The lowest BCUT2D eigenvalue weighted by atomic mass is 10.2. The summed E-state index contributed by atoms with van der Waals surface area (Å²) in [5.41, 5.74) is -1.77. The van der Waals surface area contributed by atoms with Gasteiger partial charge in [-0.25, -0.2) is 18.9 Å². The average molecular weight is 434 g/mol. The number of alkyl halides is 3. The molecule has 0 amide bonds. The first-order chi connectivity index (χ1) is 14.6. The van der Waals surface area contributed by atoms with Crippen LogP contribution in [0, 0.1) is 5.82 Å².